The molecule has 2 saturated heterocycles. The smallest absolute Gasteiger partial charge is 0.410 e. The van der Waals surface area contributed by atoms with Crippen LogP contribution in [0.15, 0.2) is 30.3 Å². The van der Waals surface area contributed by atoms with Crippen LogP contribution in [0.3, 0.4) is 0 Å². The molecule has 2 heterocycles. The molecule has 0 atom stereocenters. The third-order valence-corrected chi connectivity index (χ3v) is 4.53. The van der Waals surface area contributed by atoms with E-state index < -0.39 is 0 Å². The lowest BCUT2D eigenvalue weighted by Crippen LogP contribution is -2.56. The molecule has 0 saturated carbocycles. The van der Waals surface area contributed by atoms with E-state index in [4.69, 9.17) is 4.74 Å². The number of piperazine rings is 1. The molecule has 1 amide bonds. The standard InChI is InChI=1S/C17H25N3O2/c1-18-7-9-19(10-8-18)11-16-12-20(13-16)17(21)22-14-15-5-3-2-4-6-15/h2-6,16H,7-14H2,1H3. The number of carbonyl (C=O) groups excluding carboxylic acids is 1. The van der Waals surface area contributed by atoms with Crippen LogP contribution in [0.25, 0.3) is 0 Å². The predicted octanol–water partition coefficient (Wildman–Crippen LogP) is 1.50. The summed E-state index contributed by atoms with van der Waals surface area (Å²) in [6.45, 7) is 7.72. The van der Waals surface area contributed by atoms with Crippen molar-refractivity contribution in [2.45, 2.75) is 6.61 Å². The van der Waals surface area contributed by atoms with Gasteiger partial charge in [0.05, 0.1) is 0 Å². The van der Waals surface area contributed by atoms with Crippen molar-refractivity contribution in [2.75, 3.05) is 52.9 Å². The number of rotatable bonds is 4. The van der Waals surface area contributed by atoms with Crippen molar-refractivity contribution < 1.29 is 9.53 Å². The zero-order valence-corrected chi connectivity index (χ0v) is 13.3. The normalized spacial score (nSPS) is 20.7. The highest BCUT2D eigenvalue weighted by Crippen LogP contribution is 2.19. The van der Waals surface area contributed by atoms with Gasteiger partial charge in [-0.2, -0.15) is 0 Å². The fourth-order valence-electron chi connectivity index (χ4n) is 3.04. The number of nitrogens with zero attached hydrogens (tertiary/aromatic N) is 3. The van der Waals surface area contributed by atoms with Crippen molar-refractivity contribution in [2.24, 2.45) is 5.92 Å². The van der Waals surface area contributed by atoms with Gasteiger partial charge in [-0.1, -0.05) is 30.3 Å². The molecular weight excluding hydrogens is 278 g/mol. The number of amides is 1. The van der Waals surface area contributed by atoms with E-state index in [0.717, 1.165) is 51.4 Å². The van der Waals surface area contributed by atoms with Crippen molar-refractivity contribution >= 4 is 6.09 Å². The number of likely N-dealkylation sites (N-methyl/N-ethyl adjacent to an activating group) is 1. The van der Waals surface area contributed by atoms with E-state index >= 15 is 0 Å². The Morgan fingerprint density at radius 3 is 2.50 bits per heavy atom. The van der Waals surface area contributed by atoms with Gasteiger partial charge in [0, 0.05) is 51.7 Å². The molecule has 22 heavy (non-hydrogen) atoms. The lowest BCUT2D eigenvalue weighted by molar-refractivity contribution is 0.0304. The molecule has 0 radical (unpaired) electrons. The van der Waals surface area contributed by atoms with Crippen molar-refractivity contribution in [1.82, 2.24) is 14.7 Å². The van der Waals surface area contributed by atoms with Crippen molar-refractivity contribution in [3.63, 3.8) is 0 Å². The molecule has 0 spiro atoms. The van der Waals surface area contributed by atoms with Gasteiger partial charge in [-0.3, -0.25) is 0 Å². The van der Waals surface area contributed by atoms with Gasteiger partial charge in [0.1, 0.15) is 6.61 Å². The van der Waals surface area contributed by atoms with Crippen LogP contribution in [0.5, 0.6) is 0 Å². The fourth-order valence-corrected chi connectivity index (χ4v) is 3.04. The third kappa shape index (κ3) is 3.99. The third-order valence-electron chi connectivity index (χ3n) is 4.53. The maximum atomic E-state index is 12.0. The minimum Gasteiger partial charge on any atom is -0.445 e. The zero-order chi connectivity index (χ0) is 15.4. The molecule has 2 aliphatic rings. The summed E-state index contributed by atoms with van der Waals surface area (Å²) in [5, 5.41) is 0. The largest absolute Gasteiger partial charge is 0.445 e. The summed E-state index contributed by atoms with van der Waals surface area (Å²) in [6.07, 6.45) is -0.182. The van der Waals surface area contributed by atoms with E-state index in [-0.39, 0.29) is 6.09 Å². The molecular formula is C17H25N3O2. The van der Waals surface area contributed by atoms with Crippen LogP contribution in [0.4, 0.5) is 4.79 Å². The molecule has 0 bridgehead atoms. The molecule has 0 aromatic heterocycles. The summed E-state index contributed by atoms with van der Waals surface area (Å²) in [5.41, 5.74) is 1.03. The summed E-state index contributed by atoms with van der Waals surface area (Å²) in [6, 6.07) is 9.82. The molecule has 0 aliphatic carbocycles. The Morgan fingerprint density at radius 2 is 1.82 bits per heavy atom. The first kappa shape index (κ1) is 15.3. The Morgan fingerprint density at radius 1 is 1.14 bits per heavy atom. The van der Waals surface area contributed by atoms with E-state index in [2.05, 4.69) is 16.8 Å². The first-order valence-corrected chi connectivity index (χ1v) is 8.07. The second kappa shape index (κ2) is 7.11. The van der Waals surface area contributed by atoms with Gasteiger partial charge in [-0.05, 0) is 12.6 Å². The highest BCUT2D eigenvalue weighted by molar-refractivity contribution is 5.68. The number of likely N-dealkylation sites (tertiary alicyclic amines) is 1. The van der Waals surface area contributed by atoms with Gasteiger partial charge < -0.3 is 19.4 Å². The lowest BCUT2D eigenvalue weighted by atomic mass is 10.00. The zero-order valence-electron chi connectivity index (χ0n) is 13.3. The Balaban J connectivity index is 1.33. The highest BCUT2D eigenvalue weighted by Gasteiger charge is 2.33. The average molecular weight is 303 g/mol. The van der Waals surface area contributed by atoms with E-state index in [1.54, 1.807) is 0 Å². The number of hydrogen-bond donors (Lipinski definition) is 0. The number of hydrogen-bond acceptors (Lipinski definition) is 4. The topological polar surface area (TPSA) is 36.0 Å². The molecule has 0 N–H and O–H groups in total. The first-order chi connectivity index (χ1) is 10.7. The van der Waals surface area contributed by atoms with Crippen LogP contribution in [-0.2, 0) is 11.3 Å². The lowest BCUT2D eigenvalue weighted by Gasteiger charge is -2.42. The molecule has 5 nitrogen and oxygen atoms in total. The molecule has 120 valence electrons. The molecule has 5 heteroatoms. The summed E-state index contributed by atoms with van der Waals surface area (Å²) in [5.74, 6) is 0.604. The molecule has 2 fully saturated rings. The van der Waals surface area contributed by atoms with E-state index in [9.17, 15) is 4.79 Å². The van der Waals surface area contributed by atoms with Gasteiger partial charge in [-0.15, -0.1) is 0 Å². The summed E-state index contributed by atoms with van der Waals surface area (Å²) < 4.78 is 5.35. The Bertz CT molecular complexity index is 480. The number of carbonyl (C=O) groups is 1. The van der Waals surface area contributed by atoms with E-state index in [1.165, 1.54) is 0 Å². The fraction of sp³-hybridized carbons (Fsp3) is 0.588. The van der Waals surface area contributed by atoms with Crippen LogP contribution in [-0.4, -0.2) is 73.7 Å². The average Bonchev–Trinajstić information content (AvgIpc) is 2.51. The molecule has 3 rings (SSSR count). The molecule has 2 aliphatic heterocycles. The monoisotopic (exact) mass is 303 g/mol. The summed E-state index contributed by atoms with van der Waals surface area (Å²) in [7, 11) is 2.17. The SMILES string of the molecule is CN1CCN(CC2CN(C(=O)OCc3ccccc3)C2)CC1. The van der Waals surface area contributed by atoms with Crippen LogP contribution < -0.4 is 0 Å². The van der Waals surface area contributed by atoms with Gasteiger partial charge in [0.25, 0.3) is 0 Å². The second-order valence-corrected chi connectivity index (χ2v) is 6.42. The number of ether oxygens (including phenoxy) is 1. The molecule has 0 unspecified atom stereocenters. The summed E-state index contributed by atoms with van der Waals surface area (Å²) in [4.78, 5) is 18.6. The molecule has 1 aromatic rings. The quantitative estimate of drug-likeness (QED) is 0.844. The Kier molecular flexibility index (Phi) is 4.95. The van der Waals surface area contributed by atoms with Gasteiger partial charge in [-0.25, -0.2) is 4.79 Å². The predicted molar refractivity (Wildman–Crippen MR) is 85.6 cm³/mol. The van der Waals surface area contributed by atoms with E-state index in [1.807, 2.05) is 35.2 Å². The second-order valence-electron chi connectivity index (χ2n) is 6.42. The summed E-state index contributed by atoms with van der Waals surface area (Å²) >= 11 is 0. The van der Waals surface area contributed by atoms with Gasteiger partial charge >= 0.3 is 6.09 Å². The van der Waals surface area contributed by atoms with Gasteiger partial charge in [0.15, 0.2) is 0 Å². The van der Waals surface area contributed by atoms with Crippen molar-refractivity contribution in [3.8, 4) is 0 Å². The van der Waals surface area contributed by atoms with Crippen LogP contribution in [0, 0.1) is 5.92 Å². The van der Waals surface area contributed by atoms with Crippen molar-refractivity contribution in [3.05, 3.63) is 35.9 Å². The Labute approximate surface area is 132 Å². The van der Waals surface area contributed by atoms with E-state index in [0.29, 0.717) is 12.5 Å². The van der Waals surface area contributed by atoms with Crippen LogP contribution in [0.1, 0.15) is 5.56 Å². The van der Waals surface area contributed by atoms with Crippen LogP contribution >= 0.6 is 0 Å². The van der Waals surface area contributed by atoms with Gasteiger partial charge in [0.2, 0.25) is 0 Å². The maximum absolute atomic E-state index is 12.0. The van der Waals surface area contributed by atoms with Crippen molar-refractivity contribution in [1.29, 1.82) is 0 Å². The minimum atomic E-state index is -0.182. The minimum absolute atomic E-state index is 0.182. The van der Waals surface area contributed by atoms with Crippen LogP contribution in [0.2, 0.25) is 0 Å². The number of benzene rings is 1. The highest BCUT2D eigenvalue weighted by atomic mass is 16.6. The Hall–Kier alpha value is -1.59. The first-order valence-electron chi connectivity index (χ1n) is 8.07. The maximum Gasteiger partial charge on any atom is 0.410 e. The molecule has 1 aromatic carbocycles.